The van der Waals surface area contributed by atoms with Gasteiger partial charge in [0.15, 0.2) is 11.5 Å². The summed E-state index contributed by atoms with van der Waals surface area (Å²) >= 11 is 0. The lowest BCUT2D eigenvalue weighted by Crippen LogP contribution is -2.30. The summed E-state index contributed by atoms with van der Waals surface area (Å²) in [5.41, 5.74) is 0.833. The summed E-state index contributed by atoms with van der Waals surface area (Å²) in [6.07, 6.45) is 9.32. The second kappa shape index (κ2) is 7.09. The second-order valence-corrected chi connectivity index (χ2v) is 9.57. The molecule has 3 nitrogen and oxygen atoms in total. The van der Waals surface area contributed by atoms with Crippen LogP contribution in [0.1, 0.15) is 79.1 Å². The maximum atomic E-state index is 10.3. The Kier molecular flexibility index (Phi) is 5.22. The van der Waals surface area contributed by atoms with Crippen molar-refractivity contribution in [1.82, 2.24) is 0 Å². The van der Waals surface area contributed by atoms with Gasteiger partial charge in [0.2, 0.25) is 5.75 Å². The average molecular weight is 347 g/mol. The Morgan fingerprint density at radius 3 is 1.80 bits per heavy atom. The van der Waals surface area contributed by atoms with Gasteiger partial charge < -0.3 is 14.6 Å². The Morgan fingerprint density at radius 2 is 1.28 bits per heavy atom. The van der Waals surface area contributed by atoms with Crippen LogP contribution in [-0.4, -0.2) is 17.3 Å². The van der Waals surface area contributed by atoms with Crippen molar-refractivity contribution >= 4 is 0 Å². The van der Waals surface area contributed by atoms with Gasteiger partial charge in [0.05, 0.1) is 12.2 Å². The maximum absolute atomic E-state index is 10.3. The van der Waals surface area contributed by atoms with Crippen LogP contribution in [0.15, 0.2) is 18.2 Å². The molecule has 2 saturated carbocycles. The number of benzene rings is 1. The number of hydrogen-bond acceptors (Lipinski definition) is 3. The second-order valence-electron chi connectivity index (χ2n) is 9.57. The molecule has 3 rings (SSSR count). The van der Waals surface area contributed by atoms with Crippen LogP contribution in [0.2, 0.25) is 0 Å². The predicted molar refractivity (Wildman–Crippen MR) is 101 cm³/mol. The fourth-order valence-corrected chi connectivity index (χ4v) is 4.04. The minimum Gasteiger partial charge on any atom is -0.504 e. The third kappa shape index (κ3) is 4.83. The molecule has 1 aromatic rings. The molecule has 0 aromatic heterocycles. The van der Waals surface area contributed by atoms with Gasteiger partial charge in [0.1, 0.15) is 0 Å². The number of hydrogen-bond donors (Lipinski definition) is 1. The number of ether oxygens (including phenoxy) is 2. The molecule has 1 aromatic carbocycles. The van der Waals surface area contributed by atoms with Crippen molar-refractivity contribution in [2.45, 2.75) is 91.3 Å². The smallest absolute Gasteiger partial charge is 0.203 e. The fraction of sp³-hybridized carbons (Fsp3) is 0.727. The third-order valence-electron chi connectivity index (χ3n) is 6.11. The zero-order valence-electron chi connectivity index (χ0n) is 16.3. The van der Waals surface area contributed by atoms with Crippen molar-refractivity contribution in [3.05, 3.63) is 18.2 Å². The number of phenolic OH excluding ortho intramolecular Hbond substituents is 1. The van der Waals surface area contributed by atoms with Gasteiger partial charge in [-0.2, -0.15) is 0 Å². The fourth-order valence-electron chi connectivity index (χ4n) is 4.04. The Balaban J connectivity index is 1.66. The van der Waals surface area contributed by atoms with Gasteiger partial charge in [-0.15, -0.1) is 0 Å². The molecule has 0 amide bonds. The highest BCUT2D eigenvalue weighted by molar-refractivity contribution is 5.50. The van der Waals surface area contributed by atoms with Crippen LogP contribution in [0.5, 0.6) is 17.2 Å². The van der Waals surface area contributed by atoms with Crippen LogP contribution < -0.4 is 9.47 Å². The summed E-state index contributed by atoms with van der Waals surface area (Å²) in [4.78, 5) is 0. The van der Waals surface area contributed by atoms with Crippen LogP contribution in [-0.2, 0) is 0 Å². The van der Waals surface area contributed by atoms with Gasteiger partial charge in [-0.25, -0.2) is 0 Å². The van der Waals surface area contributed by atoms with E-state index in [1.807, 2.05) is 12.1 Å². The molecule has 2 aliphatic carbocycles. The predicted octanol–water partition coefficient (Wildman–Crippen LogP) is 6.09. The first-order chi connectivity index (χ1) is 11.7. The molecular formula is C22H34O3. The van der Waals surface area contributed by atoms with E-state index in [2.05, 4.69) is 27.7 Å². The highest BCUT2D eigenvalue weighted by Gasteiger charge is 2.31. The molecule has 0 radical (unpaired) electrons. The van der Waals surface area contributed by atoms with Gasteiger partial charge >= 0.3 is 0 Å². The molecule has 2 aliphatic rings. The highest BCUT2D eigenvalue weighted by Crippen LogP contribution is 2.43. The van der Waals surface area contributed by atoms with E-state index in [4.69, 9.17) is 9.47 Å². The van der Waals surface area contributed by atoms with Crippen molar-refractivity contribution in [2.75, 3.05) is 0 Å². The standard InChI is InChI=1S/C22H34O3/c1-21(2)12-8-16(9-13-21)24-19-7-5-6-18(23)20(19)25-17-10-14-22(3,4)15-11-17/h5-7,16-17,23H,8-15H2,1-4H3. The van der Waals surface area contributed by atoms with E-state index in [0.29, 0.717) is 22.3 Å². The van der Waals surface area contributed by atoms with Crippen molar-refractivity contribution in [3.63, 3.8) is 0 Å². The molecule has 1 N–H and O–H groups in total. The van der Waals surface area contributed by atoms with Gasteiger partial charge in [-0.1, -0.05) is 33.8 Å². The topological polar surface area (TPSA) is 38.7 Å². The molecule has 3 heteroatoms. The lowest BCUT2D eigenvalue weighted by Gasteiger charge is -2.36. The van der Waals surface area contributed by atoms with Crippen molar-refractivity contribution in [1.29, 1.82) is 0 Å². The van der Waals surface area contributed by atoms with Gasteiger partial charge in [-0.3, -0.25) is 0 Å². The number of rotatable bonds is 4. The van der Waals surface area contributed by atoms with Gasteiger partial charge in [0.25, 0.3) is 0 Å². The monoisotopic (exact) mass is 346 g/mol. The molecule has 0 unspecified atom stereocenters. The van der Waals surface area contributed by atoms with E-state index in [0.717, 1.165) is 25.7 Å². The first kappa shape index (κ1) is 18.4. The molecule has 0 aliphatic heterocycles. The number of aromatic hydroxyl groups is 1. The molecule has 0 spiro atoms. The summed E-state index contributed by atoms with van der Waals surface area (Å²) in [7, 11) is 0. The Labute approximate surface area is 152 Å². The van der Waals surface area contributed by atoms with Crippen molar-refractivity contribution in [3.8, 4) is 17.2 Å². The Bertz CT molecular complexity index is 571. The maximum Gasteiger partial charge on any atom is 0.203 e. The number of phenols is 1. The lowest BCUT2D eigenvalue weighted by atomic mass is 9.76. The minimum absolute atomic E-state index is 0.175. The van der Waals surface area contributed by atoms with Crippen molar-refractivity contribution in [2.24, 2.45) is 10.8 Å². The molecule has 25 heavy (non-hydrogen) atoms. The molecule has 2 fully saturated rings. The molecule has 0 bridgehead atoms. The highest BCUT2D eigenvalue weighted by atomic mass is 16.5. The largest absolute Gasteiger partial charge is 0.504 e. The molecule has 140 valence electrons. The molecular weight excluding hydrogens is 312 g/mol. The lowest BCUT2D eigenvalue weighted by molar-refractivity contribution is 0.0757. The minimum atomic E-state index is 0.175. The molecule has 0 heterocycles. The van der Waals surface area contributed by atoms with Gasteiger partial charge in [0, 0.05) is 0 Å². The Morgan fingerprint density at radius 1 is 0.800 bits per heavy atom. The summed E-state index contributed by atoms with van der Waals surface area (Å²) in [5, 5.41) is 10.3. The summed E-state index contributed by atoms with van der Waals surface area (Å²) in [6, 6.07) is 5.47. The van der Waals surface area contributed by atoms with Crippen LogP contribution >= 0.6 is 0 Å². The van der Waals surface area contributed by atoms with E-state index < -0.39 is 0 Å². The summed E-state index contributed by atoms with van der Waals surface area (Å²) in [5.74, 6) is 1.44. The van der Waals surface area contributed by atoms with Crippen molar-refractivity contribution < 1.29 is 14.6 Å². The Hall–Kier alpha value is -1.38. The van der Waals surface area contributed by atoms with Crippen LogP contribution in [0.25, 0.3) is 0 Å². The summed E-state index contributed by atoms with van der Waals surface area (Å²) < 4.78 is 12.5. The van der Waals surface area contributed by atoms with Crippen LogP contribution in [0.3, 0.4) is 0 Å². The van der Waals surface area contributed by atoms with E-state index >= 15 is 0 Å². The van der Waals surface area contributed by atoms with Crippen LogP contribution in [0.4, 0.5) is 0 Å². The summed E-state index contributed by atoms with van der Waals surface area (Å²) in [6.45, 7) is 9.30. The van der Waals surface area contributed by atoms with E-state index in [1.54, 1.807) is 6.07 Å². The zero-order valence-corrected chi connectivity index (χ0v) is 16.3. The normalized spacial score (nSPS) is 24.0. The quantitative estimate of drug-likeness (QED) is 0.717. The zero-order chi connectivity index (χ0) is 18.1. The van der Waals surface area contributed by atoms with E-state index in [1.165, 1.54) is 25.7 Å². The first-order valence-corrected chi connectivity index (χ1v) is 9.89. The van der Waals surface area contributed by atoms with E-state index in [9.17, 15) is 5.11 Å². The van der Waals surface area contributed by atoms with Gasteiger partial charge in [-0.05, 0) is 74.3 Å². The van der Waals surface area contributed by atoms with Crippen LogP contribution in [0, 0.1) is 10.8 Å². The molecule has 0 saturated heterocycles. The average Bonchev–Trinajstić information content (AvgIpc) is 2.54. The molecule has 0 atom stereocenters. The first-order valence-electron chi connectivity index (χ1n) is 9.89. The SMILES string of the molecule is CC1(C)CCC(Oc2cccc(O)c2OC2CCC(C)(C)CC2)CC1. The number of para-hydroxylation sites is 1. The third-order valence-corrected chi connectivity index (χ3v) is 6.11. The van der Waals surface area contributed by atoms with E-state index in [-0.39, 0.29) is 18.0 Å².